The number of nitrogens with two attached hydrogens (primary N) is 1. The van der Waals surface area contributed by atoms with Crippen molar-refractivity contribution in [2.24, 2.45) is 11.7 Å². The Morgan fingerprint density at radius 3 is 1.97 bits per heavy atom. The van der Waals surface area contributed by atoms with Crippen LogP contribution < -0.4 is 21.7 Å². The standard InChI is InChI=1S/C22H34N4O7S/c1-11(2)8-16(24-19(29)15(23)9-13-4-6-14(28)7-5-13)20(30)26-18(12(3)27)21(31)25-17(10-34)22(32)33/h4-7,11-12,15-18,27-28,34H,8-10,23H2,1-3H3,(H,24,29)(H,25,31)(H,26,30)(H,32,33). The number of carboxylic acid groups (broad SMARTS) is 1. The first kappa shape index (κ1) is 29.2. The number of amides is 3. The molecule has 1 aromatic carbocycles. The van der Waals surface area contributed by atoms with Crippen LogP contribution in [0, 0.1) is 5.92 Å². The second-order valence-electron chi connectivity index (χ2n) is 8.48. The molecule has 0 aliphatic heterocycles. The first-order chi connectivity index (χ1) is 15.8. The van der Waals surface area contributed by atoms with Gasteiger partial charge in [0.1, 0.15) is 23.9 Å². The van der Waals surface area contributed by atoms with Crippen LogP contribution in [0.3, 0.4) is 0 Å². The van der Waals surface area contributed by atoms with Crippen molar-refractivity contribution in [1.82, 2.24) is 16.0 Å². The number of rotatable bonds is 13. The molecule has 0 saturated heterocycles. The van der Waals surface area contributed by atoms with E-state index < -0.39 is 54.0 Å². The summed E-state index contributed by atoms with van der Waals surface area (Å²) >= 11 is 3.87. The Balaban J connectivity index is 2.90. The highest BCUT2D eigenvalue weighted by atomic mass is 32.1. The first-order valence-corrected chi connectivity index (χ1v) is 11.4. The first-order valence-electron chi connectivity index (χ1n) is 10.8. The zero-order chi connectivity index (χ0) is 26.0. The average Bonchev–Trinajstić information content (AvgIpc) is 2.75. The van der Waals surface area contributed by atoms with Gasteiger partial charge in [0.15, 0.2) is 0 Å². The normalized spacial score (nSPS) is 15.5. The van der Waals surface area contributed by atoms with Crippen molar-refractivity contribution in [2.75, 3.05) is 5.75 Å². The zero-order valence-corrected chi connectivity index (χ0v) is 20.3. The van der Waals surface area contributed by atoms with E-state index >= 15 is 0 Å². The van der Waals surface area contributed by atoms with E-state index in [2.05, 4.69) is 28.6 Å². The van der Waals surface area contributed by atoms with Gasteiger partial charge in [-0.05, 0) is 43.4 Å². The topological polar surface area (TPSA) is 191 Å². The monoisotopic (exact) mass is 498 g/mol. The van der Waals surface area contributed by atoms with Crippen LogP contribution in [0.4, 0.5) is 0 Å². The number of aliphatic hydroxyl groups excluding tert-OH is 1. The number of aliphatic carboxylic acids is 1. The molecule has 3 amide bonds. The van der Waals surface area contributed by atoms with Gasteiger partial charge < -0.3 is 37.0 Å². The Morgan fingerprint density at radius 1 is 0.941 bits per heavy atom. The Hall–Kier alpha value is -2.83. The second kappa shape index (κ2) is 13.8. The number of carbonyl (C=O) groups is 4. The third kappa shape index (κ3) is 9.57. The van der Waals surface area contributed by atoms with Crippen LogP contribution in [0.25, 0.3) is 0 Å². The van der Waals surface area contributed by atoms with Gasteiger partial charge in [0.25, 0.3) is 0 Å². The quantitative estimate of drug-likeness (QED) is 0.161. The van der Waals surface area contributed by atoms with E-state index in [0.717, 1.165) is 0 Å². The van der Waals surface area contributed by atoms with Crippen molar-refractivity contribution >= 4 is 36.3 Å². The molecule has 0 aliphatic rings. The lowest BCUT2D eigenvalue weighted by Gasteiger charge is -2.27. The Morgan fingerprint density at radius 2 is 1.50 bits per heavy atom. The van der Waals surface area contributed by atoms with Gasteiger partial charge in [0, 0.05) is 5.75 Å². The van der Waals surface area contributed by atoms with Crippen LogP contribution >= 0.6 is 12.6 Å². The van der Waals surface area contributed by atoms with Gasteiger partial charge in [-0.25, -0.2) is 4.79 Å². The molecule has 0 bridgehead atoms. The van der Waals surface area contributed by atoms with Crippen molar-refractivity contribution in [3.05, 3.63) is 29.8 Å². The second-order valence-corrected chi connectivity index (χ2v) is 8.84. The lowest BCUT2D eigenvalue weighted by Crippen LogP contribution is -2.60. The van der Waals surface area contributed by atoms with Crippen LogP contribution in [-0.4, -0.2) is 75.0 Å². The van der Waals surface area contributed by atoms with Gasteiger partial charge in [-0.3, -0.25) is 14.4 Å². The molecule has 5 unspecified atom stereocenters. The molecule has 0 heterocycles. The molecule has 11 nitrogen and oxygen atoms in total. The summed E-state index contributed by atoms with van der Waals surface area (Å²) in [6, 6.07) is 1.41. The van der Waals surface area contributed by atoms with Gasteiger partial charge in [-0.1, -0.05) is 26.0 Å². The lowest BCUT2D eigenvalue weighted by molar-refractivity contribution is -0.142. The fraction of sp³-hybridized carbons (Fsp3) is 0.545. The van der Waals surface area contributed by atoms with E-state index in [1.54, 1.807) is 12.1 Å². The maximum Gasteiger partial charge on any atom is 0.327 e. The fourth-order valence-electron chi connectivity index (χ4n) is 3.07. The van der Waals surface area contributed by atoms with Crippen LogP contribution in [-0.2, 0) is 25.6 Å². The number of nitrogens with one attached hydrogen (secondary N) is 3. The van der Waals surface area contributed by atoms with E-state index in [1.807, 2.05) is 13.8 Å². The van der Waals surface area contributed by atoms with Gasteiger partial charge in [-0.15, -0.1) is 0 Å². The van der Waals surface area contributed by atoms with Crippen LogP contribution in [0.15, 0.2) is 24.3 Å². The number of benzene rings is 1. The average molecular weight is 499 g/mol. The summed E-state index contributed by atoms with van der Waals surface area (Å²) in [6.45, 7) is 4.95. The largest absolute Gasteiger partial charge is 0.508 e. The van der Waals surface area contributed by atoms with Gasteiger partial charge in [-0.2, -0.15) is 12.6 Å². The summed E-state index contributed by atoms with van der Waals surface area (Å²) < 4.78 is 0. The third-order valence-corrected chi connectivity index (χ3v) is 5.29. The zero-order valence-electron chi connectivity index (χ0n) is 19.4. The Bertz CT molecular complexity index is 848. The number of thiol groups is 1. The highest BCUT2D eigenvalue weighted by Gasteiger charge is 2.32. The maximum atomic E-state index is 12.9. The minimum Gasteiger partial charge on any atom is -0.508 e. The molecular formula is C22H34N4O7S. The number of aromatic hydroxyl groups is 1. The summed E-state index contributed by atoms with van der Waals surface area (Å²) in [7, 11) is 0. The molecule has 0 fully saturated rings. The highest BCUT2D eigenvalue weighted by Crippen LogP contribution is 2.12. The molecule has 190 valence electrons. The summed E-state index contributed by atoms with van der Waals surface area (Å²) in [4.78, 5) is 49.2. The van der Waals surface area contributed by atoms with Gasteiger partial charge >= 0.3 is 5.97 Å². The summed E-state index contributed by atoms with van der Waals surface area (Å²) in [5.41, 5.74) is 6.71. The molecule has 0 spiro atoms. The molecule has 34 heavy (non-hydrogen) atoms. The molecule has 8 N–H and O–H groups in total. The van der Waals surface area contributed by atoms with E-state index in [9.17, 15) is 29.4 Å². The van der Waals surface area contributed by atoms with Crippen molar-refractivity contribution in [3.63, 3.8) is 0 Å². The van der Waals surface area contributed by atoms with Crippen LogP contribution in [0.1, 0.15) is 32.8 Å². The van der Waals surface area contributed by atoms with Crippen molar-refractivity contribution in [3.8, 4) is 5.75 Å². The molecule has 1 rings (SSSR count). The van der Waals surface area contributed by atoms with E-state index in [1.165, 1.54) is 19.1 Å². The summed E-state index contributed by atoms with van der Waals surface area (Å²) in [5.74, 6) is -3.65. The molecule has 0 aromatic heterocycles. The molecule has 12 heteroatoms. The minimum atomic E-state index is -1.45. The van der Waals surface area contributed by atoms with Crippen molar-refractivity contribution in [1.29, 1.82) is 0 Å². The van der Waals surface area contributed by atoms with Crippen molar-refractivity contribution in [2.45, 2.75) is 63.9 Å². The molecule has 0 aliphatic carbocycles. The predicted molar refractivity (Wildman–Crippen MR) is 128 cm³/mol. The highest BCUT2D eigenvalue weighted by molar-refractivity contribution is 7.80. The van der Waals surface area contributed by atoms with E-state index in [-0.39, 0.29) is 30.3 Å². The number of aliphatic hydroxyl groups is 1. The third-order valence-electron chi connectivity index (χ3n) is 4.93. The Labute approximate surface area is 203 Å². The van der Waals surface area contributed by atoms with Crippen LogP contribution in [0.2, 0.25) is 0 Å². The number of carbonyl (C=O) groups excluding carboxylic acids is 3. The lowest BCUT2D eigenvalue weighted by atomic mass is 10.0. The molecule has 0 radical (unpaired) electrons. The maximum absolute atomic E-state index is 12.9. The number of hydrogen-bond acceptors (Lipinski definition) is 8. The Kier molecular flexibility index (Phi) is 11.8. The van der Waals surface area contributed by atoms with E-state index in [4.69, 9.17) is 10.8 Å². The smallest absolute Gasteiger partial charge is 0.327 e. The molecule has 0 saturated carbocycles. The van der Waals surface area contributed by atoms with E-state index in [0.29, 0.717) is 5.56 Å². The van der Waals surface area contributed by atoms with Crippen molar-refractivity contribution < 1.29 is 34.5 Å². The summed E-state index contributed by atoms with van der Waals surface area (Å²) in [5, 5.41) is 35.7. The number of phenolic OH excluding ortho intramolecular Hbond substituents is 1. The predicted octanol–water partition coefficient (Wildman–Crippen LogP) is -0.842. The van der Waals surface area contributed by atoms with Gasteiger partial charge in [0.2, 0.25) is 17.7 Å². The molecule has 1 aromatic rings. The fourth-order valence-corrected chi connectivity index (χ4v) is 3.31. The SMILES string of the molecule is CC(C)CC(NC(=O)C(N)Cc1ccc(O)cc1)C(=O)NC(C(=O)NC(CS)C(=O)O)C(C)O. The summed E-state index contributed by atoms with van der Waals surface area (Å²) in [6.07, 6.45) is -0.946. The number of hydrogen-bond donors (Lipinski definition) is 8. The minimum absolute atomic E-state index is 0.0104. The molecule has 5 atom stereocenters. The molecular weight excluding hydrogens is 464 g/mol. The number of phenols is 1. The number of carboxylic acids is 1. The van der Waals surface area contributed by atoms with Gasteiger partial charge in [0.05, 0.1) is 12.1 Å². The van der Waals surface area contributed by atoms with Crippen LogP contribution in [0.5, 0.6) is 5.75 Å².